The summed E-state index contributed by atoms with van der Waals surface area (Å²) in [5, 5.41) is 32.8. The first-order valence-corrected chi connectivity index (χ1v) is 13.1. The molecule has 0 aromatic carbocycles. The number of aliphatic hydroxyl groups is 3. The van der Waals surface area contributed by atoms with Crippen LogP contribution < -0.4 is 0 Å². The molecule has 4 aliphatic rings. The van der Waals surface area contributed by atoms with Crippen molar-refractivity contribution in [3.05, 3.63) is 0 Å². The first kappa shape index (κ1) is 23.1. The third-order valence-corrected chi connectivity index (χ3v) is 11.0. The molecule has 0 aromatic heterocycles. The maximum atomic E-state index is 11.6. The molecule has 0 radical (unpaired) electrons. The largest absolute Gasteiger partial charge is 0.393 e. The molecular formula is C27H48O3. The van der Waals surface area contributed by atoms with Gasteiger partial charge in [-0.1, -0.05) is 27.7 Å². The maximum absolute atomic E-state index is 11.6. The Hall–Kier alpha value is -0.120. The van der Waals surface area contributed by atoms with Crippen molar-refractivity contribution in [2.24, 2.45) is 46.3 Å². The first-order chi connectivity index (χ1) is 14.0. The fraction of sp³-hybridized carbons (Fsp3) is 1.00. The topological polar surface area (TPSA) is 60.7 Å². The number of hydrogen-bond donors (Lipinski definition) is 3. The second kappa shape index (κ2) is 8.03. The van der Waals surface area contributed by atoms with Gasteiger partial charge in [0.05, 0.1) is 17.8 Å². The van der Waals surface area contributed by atoms with Crippen molar-refractivity contribution in [1.29, 1.82) is 0 Å². The van der Waals surface area contributed by atoms with Crippen LogP contribution in [0.5, 0.6) is 0 Å². The second-order valence-electron chi connectivity index (χ2n) is 13.0. The predicted octanol–water partition coefficient (Wildman–Crippen LogP) is 5.55. The van der Waals surface area contributed by atoms with E-state index in [9.17, 15) is 15.3 Å². The van der Waals surface area contributed by atoms with E-state index >= 15 is 0 Å². The average molecular weight is 421 g/mol. The zero-order chi connectivity index (χ0) is 21.9. The molecule has 174 valence electrons. The molecule has 0 amide bonds. The molecule has 30 heavy (non-hydrogen) atoms. The number of aliphatic hydroxyl groups excluding tert-OH is 2. The molecule has 0 saturated heterocycles. The van der Waals surface area contributed by atoms with Crippen molar-refractivity contribution >= 4 is 0 Å². The Kier molecular flexibility index (Phi) is 6.17. The predicted molar refractivity (Wildman–Crippen MR) is 122 cm³/mol. The van der Waals surface area contributed by atoms with Gasteiger partial charge in [-0.05, 0) is 124 Å². The highest BCUT2D eigenvalue weighted by molar-refractivity contribution is 5.12. The SMILES string of the molecule is CC(C)CC[C@@H](O)[C@](C)(O)[C@H]1CC[C@H]2[C@@H]3CC[C@H]4C[C@@H](O)CC[C@]4(C)[C@H]3CC[C@]12C. The third-order valence-electron chi connectivity index (χ3n) is 11.0. The Bertz CT molecular complexity index is 615. The molecule has 3 heteroatoms. The number of rotatable bonds is 5. The zero-order valence-electron chi connectivity index (χ0n) is 20.2. The molecule has 0 aliphatic heterocycles. The van der Waals surface area contributed by atoms with Crippen LogP contribution in [0.25, 0.3) is 0 Å². The van der Waals surface area contributed by atoms with Gasteiger partial charge in [0, 0.05) is 0 Å². The summed E-state index contributed by atoms with van der Waals surface area (Å²) in [7, 11) is 0. The van der Waals surface area contributed by atoms with Crippen LogP contribution >= 0.6 is 0 Å². The van der Waals surface area contributed by atoms with Crippen LogP contribution in [0.1, 0.15) is 105 Å². The molecule has 4 rings (SSSR count). The lowest BCUT2D eigenvalue weighted by Gasteiger charge is -2.61. The van der Waals surface area contributed by atoms with Crippen LogP contribution in [0.2, 0.25) is 0 Å². The normalized spacial score (nSPS) is 49.1. The average Bonchev–Trinajstić information content (AvgIpc) is 3.04. The van der Waals surface area contributed by atoms with Crippen LogP contribution in [0.4, 0.5) is 0 Å². The molecule has 10 atom stereocenters. The Morgan fingerprint density at radius 1 is 0.900 bits per heavy atom. The van der Waals surface area contributed by atoms with Crippen molar-refractivity contribution in [3.63, 3.8) is 0 Å². The van der Waals surface area contributed by atoms with E-state index in [1.807, 2.05) is 6.92 Å². The molecule has 4 aliphatic carbocycles. The molecule has 0 bridgehead atoms. The smallest absolute Gasteiger partial charge is 0.0910 e. The molecule has 3 N–H and O–H groups in total. The molecule has 0 unspecified atom stereocenters. The molecule has 0 heterocycles. The van der Waals surface area contributed by atoms with Gasteiger partial charge >= 0.3 is 0 Å². The molecule has 4 saturated carbocycles. The van der Waals surface area contributed by atoms with Crippen molar-refractivity contribution < 1.29 is 15.3 Å². The lowest BCUT2D eigenvalue weighted by molar-refractivity contribution is -0.167. The Balaban J connectivity index is 1.53. The van der Waals surface area contributed by atoms with Crippen LogP contribution in [0.3, 0.4) is 0 Å². The zero-order valence-corrected chi connectivity index (χ0v) is 20.2. The molecule has 0 aromatic rings. The Labute approximate surface area is 185 Å². The van der Waals surface area contributed by atoms with E-state index in [1.165, 1.54) is 38.5 Å². The van der Waals surface area contributed by atoms with E-state index in [2.05, 4.69) is 27.7 Å². The van der Waals surface area contributed by atoms with Gasteiger partial charge in [0.25, 0.3) is 0 Å². The van der Waals surface area contributed by atoms with Gasteiger partial charge in [-0.25, -0.2) is 0 Å². The Morgan fingerprint density at radius 3 is 2.27 bits per heavy atom. The third kappa shape index (κ3) is 3.59. The highest BCUT2D eigenvalue weighted by Gasteiger charge is 2.63. The van der Waals surface area contributed by atoms with E-state index < -0.39 is 11.7 Å². The first-order valence-electron chi connectivity index (χ1n) is 13.1. The summed E-state index contributed by atoms with van der Waals surface area (Å²) in [5.41, 5.74) is -0.428. The standard InChI is InChI=1S/C27H48O3/c1-17(2)6-11-24(29)27(5,30)23-10-9-21-20-8-7-18-16-19(28)12-14-25(18,3)22(20)13-15-26(21,23)4/h17-24,28-30H,6-16H2,1-5H3/t18-,19-,20-,21-,22-,23-,24+,25-,26-,27+/m0/s1. The minimum absolute atomic E-state index is 0.0771. The Morgan fingerprint density at radius 2 is 1.57 bits per heavy atom. The van der Waals surface area contributed by atoms with Crippen molar-refractivity contribution in [2.75, 3.05) is 0 Å². The molecular weight excluding hydrogens is 372 g/mol. The van der Waals surface area contributed by atoms with E-state index in [4.69, 9.17) is 0 Å². The van der Waals surface area contributed by atoms with Gasteiger partial charge in [-0.2, -0.15) is 0 Å². The monoisotopic (exact) mass is 420 g/mol. The van der Waals surface area contributed by atoms with Gasteiger partial charge in [-0.3, -0.25) is 0 Å². The van der Waals surface area contributed by atoms with Gasteiger partial charge in [0.2, 0.25) is 0 Å². The minimum Gasteiger partial charge on any atom is -0.393 e. The maximum Gasteiger partial charge on any atom is 0.0910 e. The van der Waals surface area contributed by atoms with Crippen molar-refractivity contribution in [1.82, 2.24) is 0 Å². The van der Waals surface area contributed by atoms with Crippen molar-refractivity contribution in [2.45, 2.75) is 123 Å². The lowest BCUT2D eigenvalue weighted by atomic mass is 9.44. The van der Waals surface area contributed by atoms with Crippen LogP contribution in [0.15, 0.2) is 0 Å². The highest BCUT2D eigenvalue weighted by atomic mass is 16.3. The van der Waals surface area contributed by atoms with Gasteiger partial charge in [-0.15, -0.1) is 0 Å². The summed E-state index contributed by atoms with van der Waals surface area (Å²) in [5.74, 6) is 3.71. The fourth-order valence-electron chi connectivity index (χ4n) is 9.21. The van der Waals surface area contributed by atoms with E-state index in [0.717, 1.165) is 37.5 Å². The van der Waals surface area contributed by atoms with Crippen LogP contribution in [-0.4, -0.2) is 33.1 Å². The van der Waals surface area contributed by atoms with Gasteiger partial charge in [0.1, 0.15) is 0 Å². The highest BCUT2D eigenvalue weighted by Crippen LogP contribution is 2.68. The van der Waals surface area contributed by atoms with Crippen molar-refractivity contribution in [3.8, 4) is 0 Å². The number of fused-ring (bicyclic) bond motifs is 5. The molecule has 4 fully saturated rings. The summed E-state index contributed by atoms with van der Waals surface area (Å²) in [6, 6.07) is 0. The van der Waals surface area contributed by atoms with Gasteiger partial charge in [0.15, 0.2) is 0 Å². The van der Waals surface area contributed by atoms with Gasteiger partial charge < -0.3 is 15.3 Å². The van der Waals surface area contributed by atoms with Crippen LogP contribution in [-0.2, 0) is 0 Å². The summed E-state index contributed by atoms with van der Waals surface area (Å²) < 4.78 is 0. The summed E-state index contributed by atoms with van der Waals surface area (Å²) in [6.45, 7) is 11.3. The summed E-state index contributed by atoms with van der Waals surface area (Å²) in [4.78, 5) is 0. The number of hydrogen-bond acceptors (Lipinski definition) is 3. The molecule has 0 spiro atoms. The van der Waals surface area contributed by atoms with E-state index in [0.29, 0.717) is 29.6 Å². The molecule has 3 nitrogen and oxygen atoms in total. The lowest BCUT2D eigenvalue weighted by Crippen LogP contribution is -2.57. The van der Waals surface area contributed by atoms with E-state index in [-0.39, 0.29) is 17.4 Å². The fourth-order valence-corrected chi connectivity index (χ4v) is 9.21. The van der Waals surface area contributed by atoms with Crippen LogP contribution in [0, 0.1) is 46.3 Å². The minimum atomic E-state index is -0.985. The quantitative estimate of drug-likeness (QED) is 0.546. The van der Waals surface area contributed by atoms with E-state index in [1.54, 1.807) is 0 Å². The summed E-state index contributed by atoms with van der Waals surface area (Å²) in [6.07, 6.45) is 11.5. The summed E-state index contributed by atoms with van der Waals surface area (Å²) >= 11 is 0. The second-order valence-corrected chi connectivity index (χ2v) is 13.0.